The second kappa shape index (κ2) is 2.87. The molecule has 12 heavy (non-hydrogen) atoms. The Bertz CT molecular complexity index is 293. The Hall–Kier alpha value is -0.310. The van der Waals surface area contributed by atoms with Crippen molar-refractivity contribution in [1.29, 1.82) is 0 Å². The summed E-state index contributed by atoms with van der Waals surface area (Å²) in [4.78, 5) is 0. The Labute approximate surface area is 81.1 Å². The SMILES string of the molecule is Cc1nn(C)cc1C1CC1CBr. The van der Waals surface area contributed by atoms with Crippen LogP contribution < -0.4 is 0 Å². The zero-order chi connectivity index (χ0) is 8.72. The van der Waals surface area contributed by atoms with Gasteiger partial charge in [-0.25, -0.2) is 0 Å². The highest BCUT2D eigenvalue weighted by Gasteiger charge is 2.38. The van der Waals surface area contributed by atoms with E-state index in [4.69, 9.17) is 0 Å². The largest absolute Gasteiger partial charge is 0.275 e. The first-order valence-electron chi connectivity index (χ1n) is 4.28. The molecule has 0 radical (unpaired) electrons. The molecule has 1 aromatic rings. The van der Waals surface area contributed by atoms with E-state index in [1.807, 2.05) is 11.7 Å². The molecule has 3 heteroatoms. The van der Waals surface area contributed by atoms with Crippen molar-refractivity contribution in [3.63, 3.8) is 0 Å². The Kier molecular flexibility index (Phi) is 1.99. The summed E-state index contributed by atoms with van der Waals surface area (Å²) in [7, 11) is 1.99. The molecule has 0 saturated heterocycles. The zero-order valence-electron chi connectivity index (χ0n) is 7.42. The van der Waals surface area contributed by atoms with E-state index in [0.29, 0.717) is 0 Å². The summed E-state index contributed by atoms with van der Waals surface area (Å²) in [5, 5.41) is 5.47. The third kappa shape index (κ3) is 1.30. The van der Waals surface area contributed by atoms with E-state index in [2.05, 4.69) is 34.1 Å². The van der Waals surface area contributed by atoms with E-state index in [1.54, 1.807) is 0 Å². The molecule has 1 heterocycles. The molecule has 2 nitrogen and oxygen atoms in total. The summed E-state index contributed by atoms with van der Waals surface area (Å²) in [6.07, 6.45) is 3.49. The van der Waals surface area contributed by atoms with Crippen molar-refractivity contribution in [2.24, 2.45) is 13.0 Å². The van der Waals surface area contributed by atoms with Crippen LogP contribution >= 0.6 is 15.9 Å². The summed E-state index contributed by atoms with van der Waals surface area (Å²) in [6, 6.07) is 0. The van der Waals surface area contributed by atoms with E-state index in [0.717, 1.165) is 17.2 Å². The molecule has 1 fully saturated rings. The fourth-order valence-corrected chi connectivity index (χ4v) is 2.50. The average molecular weight is 229 g/mol. The third-order valence-corrected chi connectivity index (χ3v) is 3.40. The van der Waals surface area contributed by atoms with Crippen LogP contribution in [0.5, 0.6) is 0 Å². The summed E-state index contributed by atoms with van der Waals surface area (Å²) in [6.45, 7) is 2.10. The maximum absolute atomic E-state index is 4.34. The highest BCUT2D eigenvalue weighted by atomic mass is 79.9. The highest BCUT2D eigenvalue weighted by molar-refractivity contribution is 9.09. The fourth-order valence-electron chi connectivity index (χ4n) is 1.78. The first kappa shape index (κ1) is 8.30. The van der Waals surface area contributed by atoms with Crippen LogP contribution in [0, 0.1) is 12.8 Å². The second-order valence-electron chi connectivity index (χ2n) is 3.60. The van der Waals surface area contributed by atoms with Crippen LogP contribution in [-0.4, -0.2) is 15.1 Å². The number of nitrogens with zero attached hydrogens (tertiary/aromatic N) is 2. The first-order valence-corrected chi connectivity index (χ1v) is 5.40. The summed E-state index contributed by atoms with van der Waals surface area (Å²) in [5.41, 5.74) is 2.65. The van der Waals surface area contributed by atoms with E-state index >= 15 is 0 Å². The molecule has 1 aliphatic rings. The van der Waals surface area contributed by atoms with Crippen LogP contribution in [-0.2, 0) is 7.05 Å². The van der Waals surface area contributed by atoms with Gasteiger partial charge < -0.3 is 0 Å². The van der Waals surface area contributed by atoms with Crippen LogP contribution in [0.3, 0.4) is 0 Å². The highest BCUT2D eigenvalue weighted by Crippen LogP contribution is 2.48. The second-order valence-corrected chi connectivity index (χ2v) is 4.25. The summed E-state index contributed by atoms with van der Waals surface area (Å²) >= 11 is 3.52. The third-order valence-electron chi connectivity index (χ3n) is 2.57. The van der Waals surface area contributed by atoms with Gasteiger partial charge in [0.2, 0.25) is 0 Å². The number of aromatic nitrogens is 2. The van der Waals surface area contributed by atoms with Gasteiger partial charge in [0.15, 0.2) is 0 Å². The number of hydrogen-bond acceptors (Lipinski definition) is 1. The van der Waals surface area contributed by atoms with Crippen LogP contribution in [0.25, 0.3) is 0 Å². The molecule has 0 aliphatic heterocycles. The van der Waals surface area contributed by atoms with E-state index in [1.165, 1.54) is 17.7 Å². The molecule has 0 bridgehead atoms. The Morgan fingerprint density at radius 1 is 1.75 bits per heavy atom. The Morgan fingerprint density at radius 2 is 2.50 bits per heavy atom. The minimum absolute atomic E-state index is 0.776. The molecule has 1 aliphatic carbocycles. The van der Waals surface area contributed by atoms with Crippen LogP contribution in [0.4, 0.5) is 0 Å². The van der Waals surface area contributed by atoms with Crippen molar-refractivity contribution < 1.29 is 0 Å². The Balaban J connectivity index is 2.19. The number of hydrogen-bond donors (Lipinski definition) is 0. The molecule has 0 amide bonds. The van der Waals surface area contributed by atoms with Crippen molar-refractivity contribution >= 4 is 15.9 Å². The van der Waals surface area contributed by atoms with Crippen molar-refractivity contribution in [3.8, 4) is 0 Å². The van der Waals surface area contributed by atoms with Crippen molar-refractivity contribution in [2.75, 3.05) is 5.33 Å². The first-order chi connectivity index (χ1) is 5.72. The molecule has 0 N–H and O–H groups in total. The normalized spacial score (nSPS) is 27.6. The molecule has 1 aromatic heterocycles. The Morgan fingerprint density at radius 3 is 2.92 bits per heavy atom. The lowest BCUT2D eigenvalue weighted by molar-refractivity contribution is 0.756. The summed E-state index contributed by atoms with van der Waals surface area (Å²) < 4.78 is 1.91. The van der Waals surface area contributed by atoms with E-state index in [-0.39, 0.29) is 0 Å². The van der Waals surface area contributed by atoms with Gasteiger partial charge in [-0.05, 0) is 30.7 Å². The number of alkyl halides is 1. The van der Waals surface area contributed by atoms with Gasteiger partial charge in [0.05, 0.1) is 5.69 Å². The topological polar surface area (TPSA) is 17.8 Å². The molecule has 0 aromatic carbocycles. The number of aryl methyl sites for hydroxylation is 2. The minimum Gasteiger partial charge on any atom is -0.275 e. The molecule has 2 unspecified atom stereocenters. The maximum atomic E-state index is 4.34. The number of halogens is 1. The van der Waals surface area contributed by atoms with Gasteiger partial charge in [-0.2, -0.15) is 5.10 Å². The monoisotopic (exact) mass is 228 g/mol. The minimum atomic E-state index is 0.776. The van der Waals surface area contributed by atoms with Gasteiger partial charge in [0, 0.05) is 18.6 Å². The molecule has 2 atom stereocenters. The van der Waals surface area contributed by atoms with E-state index < -0.39 is 0 Å². The van der Waals surface area contributed by atoms with Crippen LogP contribution in [0.1, 0.15) is 23.6 Å². The fraction of sp³-hybridized carbons (Fsp3) is 0.667. The lowest BCUT2D eigenvalue weighted by Crippen LogP contribution is -1.86. The van der Waals surface area contributed by atoms with Crippen molar-refractivity contribution in [3.05, 3.63) is 17.5 Å². The predicted molar refractivity (Wildman–Crippen MR) is 52.6 cm³/mol. The van der Waals surface area contributed by atoms with Gasteiger partial charge in [0.25, 0.3) is 0 Å². The standard InChI is InChI=1S/C9H13BrN2/c1-6-9(5-12(2)11-6)8-3-7(8)4-10/h5,7-8H,3-4H2,1-2H3. The molecular weight excluding hydrogens is 216 g/mol. The van der Waals surface area contributed by atoms with E-state index in [9.17, 15) is 0 Å². The maximum Gasteiger partial charge on any atom is 0.0628 e. The van der Waals surface area contributed by atoms with Crippen molar-refractivity contribution in [1.82, 2.24) is 9.78 Å². The van der Waals surface area contributed by atoms with Crippen LogP contribution in [0.2, 0.25) is 0 Å². The molecular formula is C9H13BrN2. The average Bonchev–Trinajstić information content (AvgIpc) is 2.72. The van der Waals surface area contributed by atoms with Crippen molar-refractivity contribution in [2.45, 2.75) is 19.3 Å². The smallest absolute Gasteiger partial charge is 0.0628 e. The molecule has 2 rings (SSSR count). The predicted octanol–water partition coefficient (Wildman–Crippen LogP) is 2.23. The summed E-state index contributed by atoms with van der Waals surface area (Å²) in [5.74, 6) is 1.63. The van der Waals surface area contributed by atoms with Gasteiger partial charge >= 0.3 is 0 Å². The molecule has 0 spiro atoms. The molecule has 1 saturated carbocycles. The zero-order valence-corrected chi connectivity index (χ0v) is 9.00. The lowest BCUT2D eigenvalue weighted by atomic mass is 10.1. The van der Waals surface area contributed by atoms with Crippen LogP contribution in [0.15, 0.2) is 6.20 Å². The number of rotatable bonds is 2. The van der Waals surface area contributed by atoms with Gasteiger partial charge in [-0.3, -0.25) is 4.68 Å². The van der Waals surface area contributed by atoms with Gasteiger partial charge in [-0.15, -0.1) is 0 Å². The quantitative estimate of drug-likeness (QED) is 0.711. The van der Waals surface area contributed by atoms with Gasteiger partial charge in [0.1, 0.15) is 0 Å². The lowest BCUT2D eigenvalue weighted by Gasteiger charge is -1.92. The molecule has 66 valence electrons. The van der Waals surface area contributed by atoms with Gasteiger partial charge in [-0.1, -0.05) is 15.9 Å².